The number of likely N-dealkylation sites (N-methyl/N-ethyl adjacent to an activating group) is 1. The number of ether oxygens (including phenoxy) is 1. The van der Waals surface area contributed by atoms with Gasteiger partial charge in [-0.3, -0.25) is 13.9 Å². The van der Waals surface area contributed by atoms with Crippen LogP contribution in [0.3, 0.4) is 0 Å². The maximum Gasteiger partial charge on any atom is 0.244 e. The van der Waals surface area contributed by atoms with Gasteiger partial charge in [-0.25, -0.2) is 8.42 Å². The highest BCUT2D eigenvalue weighted by Crippen LogP contribution is 2.21. The predicted molar refractivity (Wildman–Crippen MR) is 130 cm³/mol. The number of hydrogen-bond donors (Lipinski definition) is 1. The molecule has 2 aromatic rings. The van der Waals surface area contributed by atoms with Crippen molar-refractivity contribution in [3.63, 3.8) is 0 Å². The van der Waals surface area contributed by atoms with Crippen molar-refractivity contribution >= 4 is 27.5 Å². The van der Waals surface area contributed by atoms with Gasteiger partial charge in [0.2, 0.25) is 21.8 Å². The third-order valence-corrected chi connectivity index (χ3v) is 6.39. The van der Waals surface area contributed by atoms with Crippen LogP contribution in [-0.2, 0) is 26.2 Å². The first-order valence-electron chi connectivity index (χ1n) is 10.8. The monoisotopic (exact) mass is 475 g/mol. The van der Waals surface area contributed by atoms with Gasteiger partial charge in [0.25, 0.3) is 0 Å². The Labute approximate surface area is 196 Å². The van der Waals surface area contributed by atoms with Crippen LogP contribution < -0.4 is 14.4 Å². The summed E-state index contributed by atoms with van der Waals surface area (Å²) in [6.07, 6.45) is 1.45. The van der Waals surface area contributed by atoms with Crippen LogP contribution >= 0.6 is 0 Å². The summed E-state index contributed by atoms with van der Waals surface area (Å²) in [7, 11) is -2.17. The molecule has 1 N–H and O–H groups in total. The van der Waals surface area contributed by atoms with E-state index in [0.29, 0.717) is 24.4 Å². The van der Waals surface area contributed by atoms with E-state index in [1.807, 2.05) is 32.9 Å². The standard InChI is InChI=1S/C24H33N3O5S/c1-6-22(24(29)25-7-2)26(16-19-10-14-21(32-4)15-11-19)23(28)17-27(33(5,30)31)20-12-8-18(3)9-13-20/h8-15,22H,6-7,16-17H2,1-5H3,(H,25,29)/t22-/m0/s1. The SMILES string of the molecule is CCNC(=O)[C@H](CC)N(Cc1ccc(OC)cc1)C(=O)CN(c1ccc(C)cc1)S(C)(=O)=O. The topological polar surface area (TPSA) is 96.0 Å². The minimum Gasteiger partial charge on any atom is -0.497 e. The van der Waals surface area contributed by atoms with Gasteiger partial charge in [-0.05, 0) is 50.1 Å². The van der Waals surface area contributed by atoms with Gasteiger partial charge in [-0.15, -0.1) is 0 Å². The minimum atomic E-state index is -3.74. The van der Waals surface area contributed by atoms with E-state index < -0.39 is 28.5 Å². The molecule has 2 amide bonds. The molecule has 8 nitrogen and oxygen atoms in total. The number of methoxy groups -OCH3 is 1. The molecule has 0 bridgehead atoms. The molecule has 9 heteroatoms. The molecule has 0 heterocycles. The summed E-state index contributed by atoms with van der Waals surface area (Å²) in [5.74, 6) is -0.0620. The Morgan fingerprint density at radius 1 is 1.03 bits per heavy atom. The number of sulfonamides is 1. The number of anilines is 1. The maximum atomic E-state index is 13.5. The van der Waals surface area contributed by atoms with Crippen LogP contribution in [0.25, 0.3) is 0 Å². The van der Waals surface area contributed by atoms with E-state index in [9.17, 15) is 18.0 Å². The lowest BCUT2D eigenvalue weighted by Crippen LogP contribution is -2.52. The lowest BCUT2D eigenvalue weighted by molar-refractivity contribution is -0.140. The van der Waals surface area contributed by atoms with Crippen LogP contribution in [0.15, 0.2) is 48.5 Å². The van der Waals surface area contributed by atoms with Gasteiger partial charge < -0.3 is 15.0 Å². The second-order valence-corrected chi connectivity index (χ2v) is 9.70. The highest BCUT2D eigenvalue weighted by Gasteiger charge is 2.31. The Kier molecular flexibility index (Phi) is 9.28. The Bertz CT molecular complexity index is 1040. The molecule has 0 aromatic heterocycles. The number of nitrogens with one attached hydrogen (secondary N) is 1. The number of rotatable bonds is 11. The van der Waals surface area contributed by atoms with Crippen LogP contribution in [-0.4, -0.2) is 57.6 Å². The van der Waals surface area contributed by atoms with Crippen molar-refractivity contribution in [1.82, 2.24) is 10.2 Å². The average Bonchev–Trinajstić information content (AvgIpc) is 2.77. The van der Waals surface area contributed by atoms with E-state index in [1.165, 1.54) is 4.90 Å². The molecular formula is C24H33N3O5S. The second kappa shape index (κ2) is 11.7. The first-order chi connectivity index (χ1) is 15.6. The molecular weight excluding hydrogens is 442 g/mol. The summed E-state index contributed by atoms with van der Waals surface area (Å²) < 4.78 is 31.3. The van der Waals surface area contributed by atoms with Gasteiger partial charge in [0.05, 0.1) is 19.1 Å². The van der Waals surface area contributed by atoms with E-state index in [1.54, 1.807) is 43.5 Å². The Balaban J connectivity index is 2.40. The summed E-state index contributed by atoms with van der Waals surface area (Å²) in [6, 6.07) is 13.4. The summed E-state index contributed by atoms with van der Waals surface area (Å²) in [4.78, 5) is 27.7. The van der Waals surface area contributed by atoms with E-state index >= 15 is 0 Å². The number of hydrogen-bond acceptors (Lipinski definition) is 5. The summed E-state index contributed by atoms with van der Waals surface area (Å²) in [6.45, 7) is 5.71. The van der Waals surface area contributed by atoms with Crippen LogP contribution in [0, 0.1) is 6.92 Å². The van der Waals surface area contributed by atoms with Crippen LogP contribution in [0.2, 0.25) is 0 Å². The maximum absolute atomic E-state index is 13.5. The molecule has 180 valence electrons. The van der Waals surface area contributed by atoms with Crippen molar-refractivity contribution in [2.24, 2.45) is 0 Å². The van der Waals surface area contributed by atoms with Gasteiger partial charge in [0.1, 0.15) is 18.3 Å². The molecule has 2 aromatic carbocycles. The second-order valence-electron chi connectivity index (χ2n) is 7.79. The quantitative estimate of drug-likeness (QED) is 0.539. The molecule has 0 fully saturated rings. The summed E-state index contributed by atoms with van der Waals surface area (Å²) in [5.41, 5.74) is 2.17. The molecule has 33 heavy (non-hydrogen) atoms. The summed E-state index contributed by atoms with van der Waals surface area (Å²) >= 11 is 0. The highest BCUT2D eigenvalue weighted by molar-refractivity contribution is 7.92. The predicted octanol–water partition coefficient (Wildman–Crippen LogP) is 2.71. The Hall–Kier alpha value is -3.07. The third kappa shape index (κ3) is 7.21. The molecule has 0 aliphatic heterocycles. The molecule has 1 atom stereocenters. The molecule has 0 radical (unpaired) electrons. The Morgan fingerprint density at radius 2 is 1.64 bits per heavy atom. The molecule has 0 saturated heterocycles. The van der Waals surface area contributed by atoms with Crippen molar-refractivity contribution in [2.45, 2.75) is 39.8 Å². The van der Waals surface area contributed by atoms with E-state index in [4.69, 9.17) is 4.74 Å². The molecule has 0 unspecified atom stereocenters. The van der Waals surface area contributed by atoms with Crippen molar-refractivity contribution in [3.05, 3.63) is 59.7 Å². The van der Waals surface area contributed by atoms with Crippen LogP contribution in [0.5, 0.6) is 5.75 Å². The van der Waals surface area contributed by atoms with E-state index in [2.05, 4.69) is 5.32 Å². The number of benzene rings is 2. The zero-order chi connectivity index (χ0) is 24.6. The lowest BCUT2D eigenvalue weighted by atomic mass is 10.1. The minimum absolute atomic E-state index is 0.157. The van der Waals surface area contributed by atoms with Crippen LogP contribution in [0.1, 0.15) is 31.4 Å². The molecule has 0 spiro atoms. The van der Waals surface area contributed by atoms with Crippen molar-refractivity contribution < 1.29 is 22.7 Å². The molecule has 2 rings (SSSR count). The van der Waals surface area contributed by atoms with Gasteiger partial charge in [-0.1, -0.05) is 36.8 Å². The van der Waals surface area contributed by atoms with Crippen LogP contribution in [0.4, 0.5) is 5.69 Å². The normalized spacial score (nSPS) is 12.0. The fraction of sp³-hybridized carbons (Fsp3) is 0.417. The first kappa shape index (κ1) is 26.2. The van der Waals surface area contributed by atoms with E-state index in [-0.39, 0.29) is 12.5 Å². The number of amides is 2. The van der Waals surface area contributed by atoms with Crippen molar-refractivity contribution in [1.29, 1.82) is 0 Å². The van der Waals surface area contributed by atoms with Gasteiger partial charge >= 0.3 is 0 Å². The number of aryl methyl sites for hydroxylation is 1. The first-order valence-corrected chi connectivity index (χ1v) is 12.7. The largest absolute Gasteiger partial charge is 0.497 e. The van der Waals surface area contributed by atoms with Crippen molar-refractivity contribution in [3.8, 4) is 5.75 Å². The van der Waals surface area contributed by atoms with Gasteiger partial charge in [0, 0.05) is 13.1 Å². The molecule has 0 aliphatic carbocycles. The fourth-order valence-corrected chi connectivity index (χ4v) is 4.31. The molecule has 0 saturated carbocycles. The lowest BCUT2D eigenvalue weighted by Gasteiger charge is -2.32. The van der Waals surface area contributed by atoms with E-state index in [0.717, 1.165) is 21.7 Å². The smallest absolute Gasteiger partial charge is 0.244 e. The number of carbonyl (C=O) groups is 2. The highest BCUT2D eigenvalue weighted by atomic mass is 32.2. The van der Waals surface area contributed by atoms with Gasteiger partial charge in [0.15, 0.2) is 0 Å². The van der Waals surface area contributed by atoms with Crippen molar-refractivity contribution in [2.75, 3.05) is 30.8 Å². The Morgan fingerprint density at radius 3 is 2.12 bits per heavy atom. The average molecular weight is 476 g/mol. The summed E-state index contributed by atoms with van der Waals surface area (Å²) in [5, 5.41) is 2.77. The number of nitrogens with zero attached hydrogens (tertiary/aromatic N) is 2. The number of carbonyl (C=O) groups excluding carboxylic acids is 2. The third-order valence-electron chi connectivity index (χ3n) is 5.25. The zero-order valence-corrected chi connectivity index (χ0v) is 20.7. The fourth-order valence-electron chi connectivity index (χ4n) is 3.46. The van der Waals surface area contributed by atoms with Gasteiger partial charge in [-0.2, -0.15) is 0 Å². The molecule has 0 aliphatic rings. The zero-order valence-electron chi connectivity index (χ0n) is 19.9.